The third-order valence-electron chi connectivity index (χ3n) is 2.28. The second kappa shape index (κ2) is 5.61. The van der Waals surface area contributed by atoms with Crippen LogP contribution in [0.4, 0.5) is 5.13 Å². The number of hydrogen-bond acceptors (Lipinski definition) is 6. The lowest BCUT2D eigenvalue weighted by Crippen LogP contribution is -2.24. The Bertz CT molecular complexity index is 433. The number of thioether (sulfide) groups is 1. The van der Waals surface area contributed by atoms with Gasteiger partial charge in [0.15, 0.2) is 4.34 Å². The molecule has 7 heteroatoms. The van der Waals surface area contributed by atoms with Crippen LogP contribution < -0.4 is 5.32 Å². The Morgan fingerprint density at radius 3 is 3.00 bits per heavy atom. The third kappa shape index (κ3) is 3.52. The van der Waals surface area contributed by atoms with Gasteiger partial charge in [-0.2, -0.15) is 0 Å². The van der Waals surface area contributed by atoms with Crippen LogP contribution in [0.1, 0.15) is 19.8 Å². The van der Waals surface area contributed by atoms with E-state index in [1.807, 2.05) is 6.08 Å². The van der Waals surface area contributed by atoms with E-state index in [0.717, 1.165) is 10.8 Å². The van der Waals surface area contributed by atoms with Crippen LogP contribution in [-0.4, -0.2) is 32.6 Å². The summed E-state index contributed by atoms with van der Waals surface area (Å²) in [6.45, 7) is 1.43. The highest BCUT2D eigenvalue weighted by Gasteiger charge is 2.22. The van der Waals surface area contributed by atoms with Crippen LogP contribution >= 0.6 is 23.1 Å². The molecule has 1 aliphatic carbocycles. The number of nitrogens with zero attached hydrogens (tertiary/aromatic N) is 2. The molecule has 1 unspecified atom stereocenters. The minimum atomic E-state index is -0.335. The van der Waals surface area contributed by atoms with Gasteiger partial charge in [-0.05, 0) is 12.8 Å². The highest BCUT2D eigenvalue weighted by molar-refractivity contribution is 8.01. The van der Waals surface area contributed by atoms with Gasteiger partial charge in [0.1, 0.15) is 0 Å². The summed E-state index contributed by atoms with van der Waals surface area (Å²) < 4.78 is 0.771. The summed E-state index contributed by atoms with van der Waals surface area (Å²) in [4.78, 5) is 10.8. The number of aliphatic hydroxyl groups is 1. The Morgan fingerprint density at radius 1 is 1.53 bits per heavy atom. The van der Waals surface area contributed by atoms with Gasteiger partial charge in [-0.25, -0.2) is 0 Å². The molecular formula is C10H13N3O2S2. The quantitative estimate of drug-likeness (QED) is 0.646. The first-order chi connectivity index (χ1) is 8.15. The number of aliphatic hydroxyl groups excluding tert-OH is 1. The fraction of sp³-hybridized carbons (Fsp3) is 0.500. The Kier molecular flexibility index (Phi) is 4.14. The highest BCUT2D eigenvalue weighted by atomic mass is 32.2. The van der Waals surface area contributed by atoms with Crippen LogP contribution in [-0.2, 0) is 4.79 Å². The van der Waals surface area contributed by atoms with Gasteiger partial charge < -0.3 is 10.4 Å². The first-order valence-corrected chi connectivity index (χ1v) is 6.95. The number of aromatic nitrogens is 2. The van der Waals surface area contributed by atoms with Crippen molar-refractivity contribution in [2.24, 2.45) is 0 Å². The molecule has 1 amide bonds. The van der Waals surface area contributed by atoms with E-state index in [4.69, 9.17) is 0 Å². The number of hydrogen-bond donors (Lipinski definition) is 2. The molecule has 2 rings (SSSR count). The lowest BCUT2D eigenvalue weighted by atomic mass is 10.0. The van der Waals surface area contributed by atoms with Gasteiger partial charge in [0.2, 0.25) is 11.0 Å². The molecule has 0 fully saturated rings. The van der Waals surface area contributed by atoms with Crippen LogP contribution in [0.2, 0.25) is 0 Å². The Balaban J connectivity index is 1.96. The number of carbonyl (C=O) groups excluding carboxylic acids is 1. The van der Waals surface area contributed by atoms with Crippen molar-refractivity contribution >= 4 is 34.1 Å². The Morgan fingerprint density at radius 2 is 2.29 bits per heavy atom. The SMILES string of the molecule is CC(=O)Nc1nnc(SC2CC=CC[C@H]2O)s1. The molecule has 2 N–H and O–H groups in total. The van der Waals surface area contributed by atoms with E-state index in [1.165, 1.54) is 30.0 Å². The topological polar surface area (TPSA) is 75.1 Å². The van der Waals surface area contributed by atoms with Gasteiger partial charge >= 0.3 is 0 Å². The zero-order valence-corrected chi connectivity index (χ0v) is 10.9. The van der Waals surface area contributed by atoms with Crippen molar-refractivity contribution in [3.8, 4) is 0 Å². The number of anilines is 1. The predicted molar refractivity (Wildman–Crippen MR) is 68.2 cm³/mol. The highest BCUT2D eigenvalue weighted by Crippen LogP contribution is 2.34. The van der Waals surface area contributed by atoms with Crippen LogP contribution in [0.3, 0.4) is 0 Å². The molecule has 0 radical (unpaired) electrons. The molecule has 1 aliphatic rings. The maximum absolute atomic E-state index is 10.8. The molecule has 0 saturated carbocycles. The maximum atomic E-state index is 10.8. The van der Waals surface area contributed by atoms with Gasteiger partial charge in [-0.3, -0.25) is 4.79 Å². The molecule has 2 atom stereocenters. The van der Waals surface area contributed by atoms with Crippen LogP contribution in [0.15, 0.2) is 16.5 Å². The summed E-state index contributed by atoms with van der Waals surface area (Å²) in [5, 5.41) is 20.9. The summed E-state index contributed by atoms with van der Waals surface area (Å²) in [5.74, 6) is -0.154. The fourth-order valence-corrected chi connectivity index (χ4v) is 3.64. The van der Waals surface area contributed by atoms with Crippen molar-refractivity contribution < 1.29 is 9.90 Å². The minimum absolute atomic E-state index is 0.123. The standard InChI is InChI=1S/C10H13N3O2S2/c1-6(14)11-9-12-13-10(17-9)16-8-5-3-2-4-7(8)15/h2-3,7-8,15H,4-5H2,1H3,(H,11,12,14)/t7-,8?/m1/s1. The molecular weight excluding hydrogens is 258 g/mol. The Hall–Kier alpha value is -0.920. The van der Waals surface area contributed by atoms with Crippen molar-refractivity contribution in [3.63, 3.8) is 0 Å². The third-order valence-corrected chi connectivity index (χ3v) is 4.55. The lowest BCUT2D eigenvalue weighted by Gasteiger charge is -2.21. The van der Waals surface area contributed by atoms with E-state index in [2.05, 4.69) is 21.6 Å². The molecule has 1 aromatic heterocycles. The number of amides is 1. The summed E-state index contributed by atoms with van der Waals surface area (Å²) in [7, 11) is 0. The molecule has 0 aromatic carbocycles. The van der Waals surface area contributed by atoms with Crippen molar-refractivity contribution in [3.05, 3.63) is 12.2 Å². The first kappa shape index (κ1) is 12.5. The molecule has 92 valence electrons. The van der Waals surface area contributed by atoms with E-state index in [1.54, 1.807) is 0 Å². The average Bonchev–Trinajstić information content (AvgIpc) is 2.68. The zero-order chi connectivity index (χ0) is 12.3. The normalized spacial score (nSPS) is 23.6. The van der Waals surface area contributed by atoms with Gasteiger partial charge in [0.05, 0.1) is 6.10 Å². The van der Waals surface area contributed by atoms with Crippen molar-refractivity contribution in [2.75, 3.05) is 5.32 Å². The van der Waals surface area contributed by atoms with Crippen LogP contribution in [0.25, 0.3) is 0 Å². The smallest absolute Gasteiger partial charge is 0.223 e. The first-order valence-electron chi connectivity index (χ1n) is 5.26. The molecule has 1 heterocycles. The van der Waals surface area contributed by atoms with Crippen molar-refractivity contribution in [2.45, 2.75) is 35.5 Å². The Labute approximate surface area is 107 Å². The van der Waals surface area contributed by atoms with E-state index in [-0.39, 0.29) is 17.3 Å². The van der Waals surface area contributed by atoms with E-state index in [0.29, 0.717) is 11.6 Å². The molecule has 5 nitrogen and oxygen atoms in total. The molecule has 0 bridgehead atoms. The van der Waals surface area contributed by atoms with Gasteiger partial charge in [0, 0.05) is 12.2 Å². The van der Waals surface area contributed by atoms with E-state index >= 15 is 0 Å². The van der Waals surface area contributed by atoms with Crippen LogP contribution in [0, 0.1) is 0 Å². The predicted octanol–water partition coefficient (Wildman–Crippen LogP) is 1.67. The van der Waals surface area contributed by atoms with Gasteiger partial charge in [-0.15, -0.1) is 10.2 Å². The monoisotopic (exact) mass is 271 g/mol. The van der Waals surface area contributed by atoms with Crippen molar-refractivity contribution in [1.82, 2.24) is 10.2 Å². The van der Waals surface area contributed by atoms with E-state index in [9.17, 15) is 9.90 Å². The largest absolute Gasteiger partial charge is 0.392 e. The fourth-order valence-electron chi connectivity index (χ4n) is 1.49. The summed E-state index contributed by atoms with van der Waals surface area (Å²) in [6, 6.07) is 0. The molecule has 0 aliphatic heterocycles. The van der Waals surface area contributed by atoms with E-state index < -0.39 is 0 Å². The second-order valence-corrected chi connectivity index (χ2v) is 6.18. The summed E-state index contributed by atoms with van der Waals surface area (Å²) >= 11 is 2.84. The molecule has 17 heavy (non-hydrogen) atoms. The van der Waals surface area contributed by atoms with Crippen molar-refractivity contribution in [1.29, 1.82) is 0 Å². The summed E-state index contributed by atoms with van der Waals surface area (Å²) in [6.07, 6.45) is 5.25. The summed E-state index contributed by atoms with van der Waals surface area (Å²) in [5.41, 5.74) is 0. The molecule has 0 saturated heterocycles. The second-order valence-electron chi connectivity index (χ2n) is 3.72. The molecule has 0 spiro atoms. The number of rotatable bonds is 3. The maximum Gasteiger partial charge on any atom is 0.223 e. The van der Waals surface area contributed by atoms with Crippen LogP contribution in [0.5, 0.6) is 0 Å². The average molecular weight is 271 g/mol. The number of nitrogens with one attached hydrogen (secondary N) is 1. The molecule has 1 aromatic rings. The zero-order valence-electron chi connectivity index (χ0n) is 9.29. The number of allylic oxidation sites excluding steroid dienone is 1. The number of carbonyl (C=O) groups is 1. The van der Waals surface area contributed by atoms with Gasteiger partial charge in [-0.1, -0.05) is 35.3 Å². The minimum Gasteiger partial charge on any atom is -0.392 e. The van der Waals surface area contributed by atoms with Gasteiger partial charge in [0.25, 0.3) is 0 Å². The lowest BCUT2D eigenvalue weighted by molar-refractivity contribution is -0.114.